The van der Waals surface area contributed by atoms with E-state index in [9.17, 15) is 9.90 Å². The second-order valence-corrected chi connectivity index (χ2v) is 5.94. The summed E-state index contributed by atoms with van der Waals surface area (Å²) in [5.41, 5.74) is 16.4. The third-order valence-electron chi connectivity index (χ3n) is 4.47. The molecule has 0 saturated carbocycles. The molecule has 0 aliphatic rings. The van der Waals surface area contributed by atoms with Crippen LogP contribution in [0.25, 0.3) is 10.9 Å². The molecule has 23 heavy (non-hydrogen) atoms. The second kappa shape index (κ2) is 7.62. The van der Waals surface area contributed by atoms with Gasteiger partial charge >= 0.3 is 5.97 Å². The van der Waals surface area contributed by atoms with Gasteiger partial charge in [-0.3, -0.25) is 0 Å². The summed E-state index contributed by atoms with van der Waals surface area (Å²) in [6.45, 7) is 6.32. The summed E-state index contributed by atoms with van der Waals surface area (Å²) < 4.78 is 2.30. The van der Waals surface area contributed by atoms with Crippen LogP contribution in [0, 0.1) is 6.92 Å². The molecule has 2 aromatic rings. The van der Waals surface area contributed by atoms with E-state index in [0.717, 1.165) is 48.7 Å². The van der Waals surface area contributed by atoms with E-state index < -0.39 is 5.97 Å². The van der Waals surface area contributed by atoms with Crippen LogP contribution < -0.4 is 11.5 Å². The molecule has 2 rings (SSSR count). The largest absolute Gasteiger partial charge is 0.478 e. The third kappa shape index (κ3) is 3.41. The van der Waals surface area contributed by atoms with Crippen LogP contribution in [0.1, 0.15) is 46.9 Å². The van der Waals surface area contributed by atoms with Gasteiger partial charge < -0.3 is 21.1 Å². The number of nitrogens with two attached hydrogens (primary N) is 2. The van der Waals surface area contributed by atoms with E-state index in [4.69, 9.17) is 11.5 Å². The van der Waals surface area contributed by atoms with Crippen LogP contribution in [-0.4, -0.2) is 28.7 Å². The van der Waals surface area contributed by atoms with Gasteiger partial charge in [-0.15, -0.1) is 0 Å². The number of hydrogen-bond acceptors (Lipinski definition) is 3. The van der Waals surface area contributed by atoms with Crippen LogP contribution in [0.2, 0.25) is 0 Å². The number of aromatic carboxylic acids is 1. The molecule has 0 aliphatic heterocycles. The number of nitrogens with zero attached hydrogens (tertiary/aromatic N) is 1. The number of aryl methyl sites for hydroxylation is 3. The number of aromatic nitrogens is 1. The van der Waals surface area contributed by atoms with Crippen molar-refractivity contribution in [2.45, 2.75) is 46.1 Å². The van der Waals surface area contributed by atoms with Gasteiger partial charge in [0.15, 0.2) is 0 Å². The first-order valence-electron chi connectivity index (χ1n) is 8.33. The van der Waals surface area contributed by atoms with Crippen LogP contribution in [0.5, 0.6) is 0 Å². The van der Waals surface area contributed by atoms with Crippen molar-refractivity contribution in [1.29, 1.82) is 0 Å². The summed E-state index contributed by atoms with van der Waals surface area (Å²) in [5.74, 6) is -0.876. The lowest BCUT2D eigenvalue weighted by Gasteiger charge is -2.11. The fourth-order valence-electron chi connectivity index (χ4n) is 3.29. The fraction of sp³-hybridized carbons (Fsp3) is 0.500. The molecule has 0 saturated heterocycles. The van der Waals surface area contributed by atoms with E-state index in [2.05, 4.69) is 18.4 Å². The summed E-state index contributed by atoms with van der Waals surface area (Å²) in [5, 5.41) is 10.5. The minimum absolute atomic E-state index is 0.360. The van der Waals surface area contributed by atoms with Crippen molar-refractivity contribution in [2.75, 3.05) is 13.1 Å². The molecule has 1 aromatic carbocycles. The summed E-state index contributed by atoms with van der Waals surface area (Å²) in [6, 6.07) is 3.62. The standard InChI is InChI=1S/C18H27N3O2/c1-3-13-10-14(18(22)23)11-16-15(6-4-7-19)12(2)21(17(13)16)9-5-8-20/h10-11H,3-9,19-20H2,1-2H3,(H,22,23). The minimum Gasteiger partial charge on any atom is -0.478 e. The van der Waals surface area contributed by atoms with Crippen molar-refractivity contribution in [3.05, 3.63) is 34.5 Å². The van der Waals surface area contributed by atoms with Crippen molar-refractivity contribution in [2.24, 2.45) is 11.5 Å². The van der Waals surface area contributed by atoms with Crippen LogP contribution in [0.15, 0.2) is 12.1 Å². The average Bonchev–Trinajstić information content (AvgIpc) is 2.81. The maximum atomic E-state index is 11.5. The maximum Gasteiger partial charge on any atom is 0.335 e. The summed E-state index contributed by atoms with van der Waals surface area (Å²) in [6.07, 6.45) is 3.49. The van der Waals surface area contributed by atoms with E-state index >= 15 is 0 Å². The molecule has 5 N–H and O–H groups in total. The van der Waals surface area contributed by atoms with Crippen LogP contribution in [0.4, 0.5) is 0 Å². The molecule has 0 radical (unpaired) electrons. The molecule has 5 nitrogen and oxygen atoms in total. The Hall–Kier alpha value is -1.85. The Labute approximate surface area is 137 Å². The smallest absolute Gasteiger partial charge is 0.335 e. The van der Waals surface area contributed by atoms with Crippen LogP contribution in [-0.2, 0) is 19.4 Å². The molecule has 0 atom stereocenters. The highest BCUT2D eigenvalue weighted by Gasteiger charge is 2.18. The van der Waals surface area contributed by atoms with Crippen molar-refractivity contribution in [1.82, 2.24) is 4.57 Å². The van der Waals surface area contributed by atoms with Gasteiger partial charge in [-0.05, 0) is 69.0 Å². The second-order valence-electron chi connectivity index (χ2n) is 5.94. The maximum absolute atomic E-state index is 11.5. The van der Waals surface area contributed by atoms with Crippen LogP contribution >= 0.6 is 0 Å². The number of rotatable bonds is 8. The number of carbonyl (C=O) groups is 1. The lowest BCUT2D eigenvalue weighted by Crippen LogP contribution is -2.08. The minimum atomic E-state index is -0.876. The molecule has 1 aromatic heterocycles. The first-order valence-corrected chi connectivity index (χ1v) is 8.33. The highest BCUT2D eigenvalue weighted by Crippen LogP contribution is 2.31. The summed E-state index contributed by atoms with van der Waals surface area (Å²) in [4.78, 5) is 11.5. The Bertz CT molecular complexity index is 704. The lowest BCUT2D eigenvalue weighted by atomic mass is 10.00. The van der Waals surface area contributed by atoms with Gasteiger partial charge in [-0.2, -0.15) is 0 Å². The van der Waals surface area contributed by atoms with Gasteiger partial charge in [0.2, 0.25) is 0 Å². The Morgan fingerprint density at radius 3 is 2.48 bits per heavy atom. The average molecular weight is 317 g/mol. The zero-order valence-corrected chi connectivity index (χ0v) is 14.1. The van der Waals surface area contributed by atoms with Gasteiger partial charge in [0.1, 0.15) is 0 Å². The van der Waals surface area contributed by atoms with Gasteiger partial charge in [0, 0.05) is 17.6 Å². The highest BCUT2D eigenvalue weighted by molar-refractivity contribution is 5.97. The summed E-state index contributed by atoms with van der Waals surface area (Å²) in [7, 11) is 0. The van der Waals surface area contributed by atoms with E-state index in [-0.39, 0.29) is 0 Å². The third-order valence-corrected chi connectivity index (χ3v) is 4.47. The molecule has 0 spiro atoms. The van der Waals surface area contributed by atoms with Crippen molar-refractivity contribution >= 4 is 16.9 Å². The van der Waals surface area contributed by atoms with E-state index in [1.54, 1.807) is 6.07 Å². The molecule has 0 fully saturated rings. The number of hydrogen-bond donors (Lipinski definition) is 3. The lowest BCUT2D eigenvalue weighted by molar-refractivity contribution is 0.0697. The monoisotopic (exact) mass is 317 g/mol. The number of fused-ring (bicyclic) bond motifs is 1. The number of carboxylic acid groups (broad SMARTS) is 1. The molecule has 0 unspecified atom stereocenters. The molecule has 1 heterocycles. The molecule has 0 bridgehead atoms. The van der Waals surface area contributed by atoms with Crippen LogP contribution in [0.3, 0.4) is 0 Å². The topological polar surface area (TPSA) is 94.3 Å². The zero-order valence-electron chi connectivity index (χ0n) is 14.1. The van der Waals surface area contributed by atoms with Crippen molar-refractivity contribution in [3.63, 3.8) is 0 Å². The molecular formula is C18H27N3O2. The Balaban J connectivity index is 2.73. The van der Waals surface area contributed by atoms with Crippen molar-refractivity contribution in [3.8, 4) is 0 Å². The van der Waals surface area contributed by atoms with Gasteiger partial charge in [-0.25, -0.2) is 4.79 Å². The predicted octanol–water partition coefficient (Wildman–Crippen LogP) is 2.45. The Morgan fingerprint density at radius 2 is 1.91 bits per heavy atom. The molecular weight excluding hydrogens is 290 g/mol. The van der Waals surface area contributed by atoms with Gasteiger partial charge in [0.25, 0.3) is 0 Å². The normalized spacial score (nSPS) is 11.3. The summed E-state index contributed by atoms with van der Waals surface area (Å²) >= 11 is 0. The van der Waals surface area contributed by atoms with Gasteiger partial charge in [-0.1, -0.05) is 6.92 Å². The number of benzene rings is 1. The first kappa shape index (κ1) is 17.5. The number of carboxylic acids is 1. The van der Waals surface area contributed by atoms with Gasteiger partial charge in [0.05, 0.1) is 11.1 Å². The molecule has 5 heteroatoms. The predicted molar refractivity (Wildman–Crippen MR) is 94.1 cm³/mol. The SMILES string of the molecule is CCc1cc(C(=O)O)cc2c(CCCN)c(C)n(CCCN)c12. The Kier molecular flexibility index (Phi) is 5.80. The molecule has 0 aliphatic carbocycles. The van der Waals surface area contributed by atoms with E-state index in [0.29, 0.717) is 18.7 Å². The first-order chi connectivity index (χ1) is 11.0. The molecule has 126 valence electrons. The highest BCUT2D eigenvalue weighted by atomic mass is 16.4. The van der Waals surface area contributed by atoms with Crippen molar-refractivity contribution < 1.29 is 9.90 Å². The van der Waals surface area contributed by atoms with E-state index in [1.165, 1.54) is 11.3 Å². The Morgan fingerprint density at radius 1 is 1.22 bits per heavy atom. The quantitative estimate of drug-likeness (QED) is 0.697. The fourth-order valence-corrected chi connectivity index (χ4v) is 3.29. The molecule has 0 amide bonds. The zero-order chi connectivity index (χ0) is 17.0. The van der Waals surface area contributed by atoms with E-state index in [1.807, 2.05) is 6.07 Å².